The average Bonchev–Trinajstić information content (AvgIpc) is 3.11. The molecule has 0 aromatic carbocycles. The van der Waals surface area contributed by atoms with Gasteiger partial charge >= 0.3 is 5.97 Å². The largest absolute Gasteiger partial charge is 0.465 e. The third-order valence-corrected chi connectivity index (χ3v) is 9.26. The highest BCUT2D eigenvalue weighted by Gasteiger charge is 2.32. The molecule has 1 amide bonds. The minimum absolute atomic E-state index is 0.155. The summed E-state index contributed by atoms with van der Waals surface area (Å²) in [5.41, 5.74) is 1.50. The van der Waals surface area contributed by atoms with Gasteiger partial charge in [0.05, 0.1) is 19.2 Å². The summed E-state index contributed by atoms with van der Waals surface area (Å²) >= 11 is 1.46. The van der Waals surface area contributed by atoms with E-state index in [4.69, 9.17) is 4.74 Å². The van der Waals surface area contributed by atoms with E-state index in [1.807, 2.05) is 18.7 Å². The normalized spacial score (nSPS) is 18.1. The van der Waals surface area contributed by atoms with Gasteiger partial charge in [0.25, 0.3) is 10.2 Å². The number of nitrogens with one attached hydrogen (secondary N) is 1. The molecule has 1 saturated heterocycles. The predicted molar refractivity (Wildman–Crippen MR) is 121 cm³/mol. The Morgan fingerprint density at radius 2 is 1.74 bits per heavy atom. The molecule has 1 aliphatic carbocycles. The van der Waals surface area contributed by atoms with Gasteiger partial charge in [0.15, 0.2) is 0 Å². The number of carbonyl (C=O) groups excluding carboxylic acids is 2. The number of hydrogen-bond acceptors (Lipinski definition) is 7. The van der Waals surface area contributed by atoms with Crippen molar-refractivity contribution in [3.05, 3.63) is 16.0 Å². The van der Waals surface area contributed by atoms with Crippen LogP contribution < -0.4 is 5.32 Å². The van der Waals surface area contributed by atoms with Gasteiger partial charge in [0, 0.05) is 44.1 Å². The molecule has 174 valence electrons. The molecule has 1 aromatic rings. The van der Waals surface area contributed by atoms with Gasteiger partial charge in [-0.15, -0.1) is 11.3 Å². The zero-order chi connectivity index (χ0) is 22.6. The maximum atomic E-state index is 12.7. The SMILES string of the molecule is CCN(CC)S(=O)(=O)N1CCN(CC(=O)Nc2sc3c(c2C(=O)OC)CCCC3)CC1. The Labute approximate surface area is 188 Å². The van der Waals surface area contributed by atoms with Crippen LogP contribution in [-0.4, -0.2) is 86.7 Å². The Morgan fingerprint density at radius 1 is 1.10 bits per heavy atom. The lowest BCUT2D eigenvalue weighted by molar-refractivity contribution is -0.117. The molecule has 3 rings (SSSR count). The van der Waals surface area contributed by atoms with Crippen LogP contribution in [0.25, 0.3) is 0 Å². The molecule has 1 fully saturated rings. The van der Waals surface area contributed by atoms with Crippen LogP contribution in [0.1, 0.15) is 47.5 Å². The lowest BCUT2D eigenvalue weighted by atomic mass is 9.95. The van der Waals surface area contributed by atoms with E-state index in [0.29, 0.717) is 49.8 Å². The van der Waals surface area contributed by atoms with Gasteiger partial charge < -0.3 is 10.1 Å². The van der Waals surface area contributed by atoms with Gasteiger partial charge in [-0.25, -0.2) is 4.79 Å². The van der Waals surface area contributed by atoms with Crippen molar-refractivity contribution in [2.45, 2.75) is 39.5 Å². The second kappa shape index (κ2) is 10.4. The number of carbonyl (C=O) groups is 2. The Kier molecular flexibility index (Phi) is 8.08. The first-order valence-corrected chi connectivity index (χ1v) is 13.0. The molecule has 0 radical (unpaired) electrons. The number of thiophene rings is 1. The molecule has 0 bridgehead atoms. The average molecular weight is 473 g/mol. The van der Waals surface area contributed by atoms with E-state index in [-0.39, 0.29) is 12.5 Å². The van der Waals surface area contributed by atoms with Gasteiger partial charge in [-0.3, -0.25) is 9.69 Å². The van der Waals surface area contributed by atoms with Crippen LogP contribution in [0.15, 0.2) is 0 Å². The number of anilines is 1. The lowest BCUT2D eigenvalue weighted by Gasteiger charge is -2.35. The van der Waals surface area contributed by atoms with Crippen molar-refractivity contribution in [2.75, 3.05) is 58.2 Å². The molecule has 2 aliphatic rings. The van der Waals surface area contributed by atoms with Crippen molar-refractivity contribution < 1.29 is 22.7 Å². The number of aryl methyl sites for hydroxylation is 1. The van der Waals surface area contributed by atoms with Crippen LogP contribution in [0.5, 0.6) is 0 Å². The number of amides is 1. The van der Waals surface area contributed by atoms with Crippen LogP contribution in [-0.2, 0) is 32.6 Å². The Bertz CT molecular complexity index is 903. The number of nitrogens with zero attached hydrogens (tertiary/aromatic N) is 3. The van der Waals surface area contributed by atoms with E-state index < -0.39 is 16.2 Å². The summed E-state index contributed by atoms with van der Waals surface area (Å²) in [6.07, 6.45) is 3.86. The second-order valence-corrected chi connectivity index (χ2v) is 10.8. The van der Waals surface area contributed by atoms with Crippen molar-refractivity contribution in [3.8, 4) is 0 Å². The predicted octanol–water partition coefficient (Wildman–Crippen LogP) is 1.56. The number of piperazine rings is 1. The van der Waals surface area contributed by atoms with Gasteiger partial charge in [-0.05, 0) is 31.2 Å². The van der Waals surface area contributed by atoms with Gasteiger partial charge in [0.2, 0.25) is 5.91 Å². The van der Waals surface area contributed by atoms with Gasteiger partial charge in [-0.2, -0.15) is 17.0 Å². The first kappa shape index (κ1) is 24.1. The molecular formula is C20H32N4O5S2. The molecule has 1 aromatic heterocycles. The fourth-order valence-electron chi connectivity index (χ4n) is 4.17. The van der Waals surface area contributed by atoms with Crippen molar-refractivity contribution in [1.82, 2.24) is 13.5 Å². The summed E-state index contributed by atoms with van der Waals surface area (Å²) in [6.45, 7) is 6.36. The number of hydrogen-bond donors (Lipinski definition) is 1. The highest BCUT2D eigenvalue weighted by Crippen LogP contribution is 2.38. The van der Waals surface area contributed by atoms with E-state index in [1.54, 1.807) is 0 Å². The van der Waals surface area contributed by atoms with Crippen LogP contribution >= 0.6 is 11.3 Å². The van der Waals surface area contributed by atoms with E-state index in [2.05, 4.69) is 5.32 Å². The zero-order valence-corrected chi connectivity index (χ0v) is 20.1. The van der Waals surface area contributed by atoms with E-state index in [1.165, 1.54) is 27.1 Å². The van der Waals surface area contributed by atoms with Crippen LogP contribution in [0.4, 0.5) is 5.00 Å². The fraction of sp³-hybridized carbons (Fsp3) is 0.700. The summed E-state index contributed by atoms with van der Waals surface area (Å²) in [5.74, 6) is -0.617. The van der Waals surface area contributed by atoms with Crippen LogP contribution in [0.2, 0.25) is 0 Å². The Morgan fingerprint density at radius 3 is 2.35 bits per heavy atom. The van der Waals surface area contributed by atoms with Crippen molar-refractivity contribution in [2.24, 2.45) is 0 Å². The summed E-state index contributed by atoms with van der Waals surface area (Å²) in [6, 6.07) is 0. The number of fused-ring (bicyclic) bond motifs is 1. The summed E-state index contributed by atoms with van der Waals surface area (Å²) < 4.78 is 33.2. The number of methoxy groups -OCH3 is 1. The highest BCUT2D eigenvalue weighted by molar-refractivity contribution is 7.86. The molecule has 31 heavy (non-hydrogen) atoms. The Hall–Kier alpha value is -1.53. The van der Waals surface area contributed by atoms with E-state index in [0.717, 1.165) is 36.1 Å². The molecule has 0 saturated carbocycles. The smallest absolute Gasteiger partial charge is 0.341 e. The molecule has 0 spiro atoms. The number of ether oxygens (including phenoxy) is 1. The molecule has 0 atom stereocenters. The quantitative estimate of drug-likeness (QED) is 0.577. The third kappa shape index (κ3) is 5.28. The van der Waals surface area contributed by atoms with Crippen molar-refractivity contribution in [1.29, 1.82) is 0 Å². The molecule has 0 unspecified atom stereocenters. The van der Waals surface area contributed by atoms with E-state index >= 15 is 0 Å². The molecule has 1 aliphatic heterocycles. The first-order valence-electron chi connectivity index (χ1n) is 10.8. The fourth-order valence-corrected chi connectivity index (χ4v) is 7.07. The van der Waals surface area contributed by atoms with Crippen LogP contribution in [0.3, 0.4) is 0 Å². The summed E-state index contributed by atoms with van der Waals surface area (Å²) in [7, 11) is -2.10. The second-order valence-electron chi connectivity index (χ2n) is 7.72. The maximum Gasteiger partial charge on any atom is 0.341 e. The summed E-state index contributed by atoms with van der Waals surface area (Å²) in [5, 5.41) is 3.47. The number of esters is 1. The minimum atomic E-state index is -3.46. The molecule has 1 N–H and O–H groups in total. The van der Waals surface area contributed by atoms with Crippen molar-refractivity contribution in [3.63, 3.8) is 0 Å². The van der Waals surface area contributed by atoms with E-state index in [9.17, 15) is 18.0 Å². The highest BCUT2D eigenvalue weighted by atomic mass is 32.2. The topological polar surface area (TPSA) is 99.3 Å². The summed E-state index contributed by atoms with van der Waals surface area (Å²) in [4.78, 5) is 28.1. The first-order chi connectivity index (χ1) is 14.8. The third-order valence-electron chi connectivity index (χ3n) is 5.87. The zero-order valence-electron chi connectivity index (χ0n) is 18.5. The monoisotopic (exact) mass is 472 g/mol. The standard InChI is InChI=1S/C20H32N4O5S2/c1-4-23(5-2)31(27,28)24-12-10-22(11-13-24)14-17(25)21-19-18(20(26)29-3)15-8-6-7-9-16(15)30-19/h4-14H2,1-3H3,(H,21,25). The van der Waals surface area contributed by atoms with Crippen LogP contribution in [0, 0.1) is 0 Å². The minimum Gasteiger partial charge on any atom is -0.465 e. The lowest BCUT2D eigenvalue weighted by Crippen LogP contribution is -2.54. The molecule has 11 heteroatoms. The molecular weight excluding hydrogens is 440 g/mol. The maximum absolute atomic E-state index is 12.7. The molecule has 9 nitrogen and oxygen atoms in total. The van der Waals surface area contributed by atoms with Gasteiger partial charge in [0.1, 0.15) is 5.00 Å². The Balaban J connectivity index is 1.60. The number of rotatable bonds is 8. The van der Waals surface area contributed by atoms with Crippen molar-refractivity contribution >= 4 is 38.4 Å². The van der Waals surface area contributed by atoms with Gasteiger partial charge in [-0.1, -0.05) is 13.8 Å². The molecule has 2 heterocycles.